The van der Waals surface area contributed by atoms with Gasteiger partial charge in [0, 0.05) is 23.2 Å². The van der Waals surface area contributed by atoms with Crippen molar-refractivity contribution in [2.24, 2.45) is 5.92 Å². The average Bonchev–Trinajstić information content (AvgIpc) is 2.28. The van der Waals surface area contributed by atoms with Crippen LogP contribution in [0.4, 0.5) is 0 Å². The van der Waals surface area contributed by atoms with E-state index in [1.54, 1.807) is 11.8 Å². The Morgan fingerprint density at radius 1 is 1.18 bits per heavy atom. The summed E-state index contributed by atoms with van der Waals surface area (Å²) in [5, 5.41) is 4.74. The fourth-order valence-electron chi connectivity index (χ4n) is 1.26. The minimum atomic E-state index is 0.560. The van der Waals surface area contributed by atoms with Gasteiger partial charge in [0.25, 0.3) is 0 Å². The number of halogens is 2. The molecule has 1 nitrogen and oxygen atoms in total. The lowest BCUT2D eigenvalue weighted by molar-refractivity contribution is 0.438. The molecule has 1 N–H and O–H groups in total. The van der Waals surface area contributed by atoms with Crippen molar-refractivity contribution in [2.75, 3.05) is 12.3 Å². The summed E-state index contributed by atoms with van der Waals surface area (Å²) in [7, 11) is 0. The first-order valence-corrected chi connectivity index (χ1v) is 7.56. The monoisotopic (exact) mass is 291 g/mol. The van der Waals surface area contributed by atoms with Gasteiger partial charge in [0.1, 0.15) is 0 Å². The predicted molar refractivity (Wildman–Crippen MR) is 79.5 cm³/mol. The van der Waals surface area contributed by atoms with Gasteiger partial charge >= 0.3 is 0 Å². The largest absolute Gasteiger partial charge is 0.313 e. The average molecular weight is 292 g/mol. The second-order valence-corrected chi connectivity index (χ2v) is 6.39. The predicted octanol–water partition coefficient (Wildman–Crippen LogP) is 4.72. The van der Waals surface area contributed by atoms with Crippen molar-refractivity contribution in [1.82, 2.24) is 5.32 Å². The maximum atomic E-state index is 5.96. The summed E-state index contributed by atoms with van der Waals surface area (Å²) in [5.41, 5.74) is 0. The molecular weight excluding hydrogens is 273 g/mol. The number of hydrogen-bond donors (Lipinski definition) is 1. The third-order valence-electron chi connectivity index (χ3n) is 2.73. The Kier molecular flexibility index (Phi) is 6.71. The molecule has 4 heteroatoms. The summed E-state index contributed by atoms with van der Waals surface area (Å²) < 4.78 is 0. The third kappa shape index (κ3) is 5.52. The highest BCUT2D eigenvalue weighted by Crippen LogP contribution is 2.27. The van der Waals surface area contributed by atoms with Gasteiger partial charge in [-0.05, 0) is 31.0 Å². The van der Waals surface area contributed by atoms with Crippen LogP contribution in [0.1, 0.15) is 20.8 Å². The zero-order valence-electron chi connectivity index (χ0n) is 10.5. The van der Waals surface area contributed by atoms with E-state index >= 15 is 0 Å². The summed E-state index contributed by atoms with van der Waals surface area (Å²) >= 11 is 13.6. The number of rotatable bonds is 6. The molecule has 0 fully saturated rings. The number of hydrogen-bond acceptors (Lipinski definition) is 2. The lowest BCUT2D eigenvalue weighted by Gasteiger charge is -2.17. The lowest BCUT2D eigenvalue weighted by Crippen LogP contribution is -2.32. The third-order valence-corrected chi connectivity index (χ3v) is 4.46. The number of thioether (sulfide) groups is 1. The van der Waals surface area contributed by atoms with Crippen LogP contribution in [0, 0.1) is 5.92 Å². The SMILES string of the molecule is CC(C)C(C)NCCSc1ccc(Cl)c(Cl)c1. The Balaban J connectivity index is 2.29. The van der Waals surface area contributed by atoms with Gasteiger partial charge < -0.3 is 5.32 Å². The maximum Gasteiger partial charge on any atom is 0.0603 e. The normalized spacial score (nSPS) is 13.1. The second kappa shape index (κ2) is 7.52. The second-order valence-electron chi connectivity index (χ2n) is 4.41. The minimum Gasteiger partial charge on any atom is -0.313 e. The van der Waals surface area contributed by atoms with E-state index in [9.17, 15) is 0 Å². The van der Waals surface area contributed by atoms with E-state index in [2.05, 4.69) is 26.1 Å². The van der Waals surface area contributed by atoms with E-state index in [-0.39, 0.29) is 0 Å². The van der Waals surface area contributed by atoms with Crippen LogP contribution in [0.2, 0.25) is 10.0 Å². The van der Waals surface area contributed by atoms with Crippen LogP contribution in [-0.4, -0.2) is 18.3 Å². The minimum absolute atomic E-state index is 0.560. The Bertz CT molecular complexity index is 355. The molecule has 0 bridgehead atoms. The molecule has 0 aliphatic rings. The molecule has 1 unspecified atom stereocenters. The molecule has 1 aromatic rings. The summed E-state index contributed by atoms with van der Waals surface area (Å²) in [6.45, 7) is 7.67. The first-order valence-electron chi connectivity index (χ1n) is 5.82. The van der Waals surface area contributed by atoms with Gasteiger partial charge in [-0.2, -0.15) is 0 Å². The van der Waals surface area contributed by atoms with Gasteiger partial charge in [-0.3, -0.25) is 0 Å². The van der Waals surface area contributed by atoms with Gasteiger partial charge in [0.2, 0.25) is 0 Å². The quantitative estimate of drug-likeness (QED) is 0.601. The van der Waals surface area contributed by atoms with Gasteiger partial charge in [-0.15, -0.1) is 11.8 Å². The molecule has 1 aromatic carbocycles. The van der Waals surface area contributed by atoms with Crippen molar-refractivity contribution in [3.05, 3.63) is 28.2 Å². The molecule has 1 rings (SSSR count). The van der Waals surface area contributed by atoms with Gasteiger partial charge in [-0.25, -0.2) is 0 Å². The smallest absolute Gasteiger partial charge is 0.0603 e. The topological polar surface area (TPSA) is 12.0 Å². The fraction of sp³-hybridized carbons (Fsp3) is 0.538. The Morgan fingerprint density at radius 2 is 1.88 bits per heavy atom. The van der Waals surface area contributed by atoms with Crippen LogP contribution in [0.3, 0.4) is 0 Å². The van der Waals surface area contributed by atoms with Crippen molar-refractivity contribution < 1.29 is 0 Å². The van der Waals surface area contributed by atoms with E-state index in [0.29, 0.717) is 22.0 Å². The van der Waals surface area contributed by atoms with Crippen LogP contribution in [0.5, 0.6) is 0 Å². The molecule has 96 valence electrons. The molecule has 0 saturated carbocycles. The highest BCUT2D eigenvalue weighted by atomic mass is 35.5. The number of benzene rings is 1. The van der Waals surface area contributed by atoms with Crippen LogP contribution in [0.25, 0.3) is 0 Å². The molecule has 17 heavy (non-hydrogen) atoms. The van der Waals surface area contributed by atoms with E-state index in [1.165, 1.54) is 4.90 Å². The Labute approximate surface area is 118 Å². The molecule has 0 amide bonds. The Hall–Kier alpha value is 0.110. The highest BCUT2D eigenvalue weighted by molar-refractivity contribution is 7.99. The molecule has 0 radical (unpaired) electrons. The van der Waals surface area contributed by atoms with Crippen molar-refractivity contribution in [3.63, 3.8) is 0 Å². The van der Waals surface area contributed by atoms with Crippen molar-refractivity contribution in [3.8, 4) is 0 Å². The molecule has 0 aliphatic heterocycles. The van der Waals surface area contributed by atoms with Crippen LogP contribution in [-0.2, 0) is 0 Å². The first kappa shape index (κ1) is 15.2. The van der Waals surface area contributed by atoms with Crippen LogP contribution < -0.4 is 5.32 Å². The summed E-state index contributed by atoms with van der Waals surface area (Å²) in [6, 6.07) is 6.33. The fourth-order valence-corrected chi connectivity index (χ4v) is 2.44. The molecule has 0 aromatic heterocycles. The molecule has 0 saturated heterocycles. The summed E-state index contributed by atoms with van der Waals surface area (Å²) in [6.07, 6.45) is 0. The van der Waals surface area contributed by atoms with Crippen LogP contribution in [0.15, 0.2) is 23.1 Å². The first-order chi connectivity index (χ1) is 8.00. The molecule has 0 spiro atoms. The highest BCUT2D eigenvalue weighted by Gasteiger charge is 2.05. The van der Waals surface area contributed by atoms with E-state index < -0.39 is 0 Å². The van der Waals surface area contributed by atoms with Gasteiger partial charge in [-0.1, -0.05) is 37.0 Å². The zero-order chi connectivity index (χ0) is 12.8. The van der Waals surface area contributed by atoms with Gasteiger partial charge in [0.15, 0.2) is 0 Å². The molecule has 0 heterocycles. The Morgan fingerprint density at radius 3 is 2.47 bits per heavy atom. The zero-order valence-corrected chi connectivity index (χ0v) is 12.8. The molecule has 0 aliphatic carbocycles. The van der Waals surface area contributed by atoms with Crippen molar-refractivity contribution in [1.29, 1.82) is 0 Å². The van der Waals surface area contributed by atoms with E-state index in [4.69, 9.17) is 23.2 Å². The molecular formula is C13H19Cl2NS. The summed E-state index contributed by atoms with van der Waals surface area (Å²) in [4.78, 5) is 1.17. The van der Waals surface area contributed by atoms with Gasteiger partial charge in [0.05, 0.1) is 10.0 Å². The van der Waals surface area contributed by atoms with E-state index in [0.717, 1.165) is 12.3 Å². The van der Waals surface area contributed by atoms with Crippen molar-refractivity contribution in [2.45, 2.75) is 31.7 Å². The standard InChI is InChI=1S/C13H19Cl2NS/c1-9(2)10(3)16-6-7-17-11-4-5-12(14)13(15)8-11/h4-5,8-10,16H,6-7H2,1-3H3. The lowest BCUT2D eigenvalue weighted by atomic mass is 10.1. The van der Waals surface area contributed by atoms with E-state index in [1.807, 2.05) is 18.2 Å². The number of nitrogens with one attached hydrogen (secondary N) is 1. The maximum absolute atomic E-state index is 5.96. The molecule has 1 atom stereocenters. The van der Waals surface area contributed by atoms with Crippen LogP contribution >= 0.6 is 35.0 Å². The summed E-state index contributed by atoms with van der Waals surface area (Å²) in [5.74, 6) is 1.71. The van der Waals surface area contributed by atoms with Crippen molar-refractivity contribution >= 4 is 35.0 Å².